The summed E-state index contributed by atoms with van der Waals surface area (Å²) in [7, 11) is 0. The molecule has 38 heavy (non-hydrogen) atoms. The van der Waals surface area contributed by atoms with Gasteiger partial charge in [-0.1, -0.05) is 33.6 Å². The van der Waals surface area contributed by atoms with Crippen molar-refractivity contribution in [2.75, 3.05) is 5.32 Å². The number of fused-ring (bicyclic) bond motifs is 1. The average Bonchev–Trinajstić information content (AvgIpc) is 3.29. The lowest BCUT2D eigenvalue weighted by Gasteiger charge is -2.27. The standard InChI is InChI=1S/C25H17Br2ClF3N5O2/c26-13-6-7-15-12(9-13)10-16(23(37)33-14-3-1-4-14)21(20(15)27)34-24(38)18-11-19(25(29,30)31)35-36(18)22-17(28)5-2-8-32-22/h2,5-11,14H,1,3-4H2,(H,33,37)(H,34,38). The van der Waals surface area contributed by atoms with E-state index in [4.69, 9.17) is 11.6 Å². The Balaban J connectivity index is 1.61. The third kappa shape index (κ3) is 5.16. The summed E-state index contributed by atoms with van der Waals surface area (Å²) in [6.45, 7) is 0. The first kappa shape index (κ1) is 26.6. The molecule has 7 nitrogen and oxygen atoms in total. The van der Waals surface area contributed by atoms with Crippen molar-refractivity contribution in [3.05, 3.63) is 79.6 Å². The molecule has 0 spiro atoms. The number of anilines is 1. The quantitative estimate of drug-likeness (QED) is 0.236. The van der Waals surface area contributed by atoms with Crippen molar-refractivity contribution in [1.82, 2.24) is 20.1 Å². The summed E-state index contributed by atoms with van der Waals surface area (Å²) in [5, 5.41) is 10.5. The zero-order valence-electron chi connectivity index (χ0n) is 19.2. The maximum atomic E-state index is 13.6. The Bertz CT molecular complexity index is 1590. The molecular formula is C25H17Br2ClF3N5O2. The molecule has 2 aromatic carbocycles. The van der Waals surface area contributed by atoms with Crippen LogP contribution in [-0.2, 0) is 6.18 Å². The first-order valence-electron chi connectivity index (χ1n) is 11.3. The van der Waals surface area contributed by atoms with Gasteiger partial charge in [-0.05, 0) is 76.3 Å². The number of alkyl halides is 3. The Labute approximate surface area is 236 Å². The van der Waals surface area contributed by atoms with E-state index >= 15 is 0 Å². The summed E-state index contributed by atoms with van der Waals surface area (Å²) in [5.41, 5.74) is -1.50. The van der Waals surface area contributed by atoms with Crippen LogP contribution in [0, 0.1) is 0 Å². The highest BCUT2D eigenvalue weighted by atomic mass is 79.9. The molecular weight excluding hydrogens is 655 g/mol. The van der Waals surface area contributed by atoms with E-state index in [-0.39, 0.29) is 28.1 Å². The number of carbonyl (C=O) groups excluding carboxylic acids is 2. The molecule has 0 bridgehead atoms. The second-order valence-corrected chi connectivity index (χ2v) is 10.8. The van der Waals surface area contributed by atoms with Crippen LogP contribution in [-0.4, -0.2) is 32.6 Å². The van der Waals surface area contributed by atoms with Crippen LogP contribution in [0.1, 0.15) is 45.8 Å². The minimum Gasteiger partial charge on any atom is -0.349 e. The third-order valence-corrected chi connectivity index (χ3v) is 7.75. The van der Waals surface area contributed by atoms with Gasteiger partial charge in [0.15, 0.2) is 11.5 Å². The van der Waals surface area contributed by atoms with Gasteiger partial charge in [-0.15, -0.1) is 0 Å². The van der Waals surface area contributed by atoms with E-state index in [1.807, 2.05) is 6.07 Å². The lowest BCUT2D eigenvalue weighted by atomic mass is 9.92. The summed E-state index contributed by atoms with van der Waals surface area (Å²) in [4.78, 5) is 30.7. The minimum atomic E-state index is -4.83. The fourth-order valence-corrected chi connectivity index (χ4v) is 5.26. The molecule has 5 rings (SSSR count). The van der Waals surface area contributed by atoms with E-state index in [0.717, 1.165) is 28.4 Å². The van der Waals surface area contributed by atoms with Crippen LogP contribution < -0.4 is 10.6 Å². The predicted molar refractivity (Wildman–Crippen MR) is 144 cm³/mol. The van der Waals surface area contributed by atoms with Gasteiger partial charge in [0.1, 0.15) is 5.69 Å². The second-order valence-electron chi connectivity index (χ2n) is 8.67. The number of aromatic nitrogens is 3. The number of pyridine rings is 1. The topological polar surface area (TPSA) is 88.9 Å². The largest absolute Gasteiger partial charge is 0.435 e. The molecule has 13 heteroatoms. The minimum absolute atomic E-state index is 0.00333. The molecule has 1 fully saturated rings. The van der Waals surface area contributed by atoms with Crippen molar-refractivity contribution in [3.63, 3.8) is 0 Å². The van der Waals surface area contributed by atoms with Crippen molar-refractivity contribution in [2.45, 2.75) is 31.5 Å². The second kappa shape index (κ2) is 10.3. The van der Waals surface area contributed by atoms with Crippen molar-refractivity contribution in [1.29, 1.82) is 0 Å². The molecule has 0 atom stereocenters. The molecule has 196 valence electrons. The molecule has 0 saturated heterocycles. The molecule has 1 aliphatic carbocycles. The molecule has 0 radical (unpaired) electrons. The summed E-state index contributed by atoms with van der Waals surface area (Å²) in [6.07, 6.45) is -0.814. The zero-order valence-corrected chi connectivity index (χ0v) is 23.2. The number of hydrogen-bond donors (Lipinski definition) is 2. The molecule has 1 aliphatic rings. The van der Waals surface area contributed by atoms with Gasteiger partial charge in [-0.25, -0.2) is 9.67 Å². The molecule has 2 N–H and O–H groups in total. The Kier molecular flexibility index (Phi) is 7.23. The first-order valence-corrected chi connectivity index (χ1v) is 13.3. The fourth-order valence-electron chi connectivity index (χ4n) is 4.00. The van der Waals surface area contributed by atoms with Crippen LogP contribution in [0.5, 0.6) is 0 Å². The summed E-state index contributed by atoms with van der Waals surface area (Å²) in [5.74, 6) is -1.50. The number of nitrogens with one attached hydrogen (secondary N) is 2. The maximum absolute atomic E-state index is 13.6. The van der Waals surface area contributed by atoms with Gasteiger partial charge in [0, 0.05) is 27.3 Å². The van der Waals surface area contributed by atoms with Crippen molar-refractivity contribution < 1.29 is 22.8 Å². The highest BCUT2D eigenvalue weighted by Crippen LogP contribution is 2.37. The van der Waals surface area contributed by atoms with Gasteiger partial charge in [0.05, 0.1) is 16.3 Å². The van der Waals surface area contributed by atoms with Crippen molar-refractivity contribution >= 4 is 71.7 Å². The van der Waals surface area contributed by atoms with Crippen LogP contribution in [0.3, 0.4) is 0 Å². The van der Waals surface area contributed by atoms with E-state index in [1.54, 1.807) is 18.2 Å². The number of hydrogen-bond acceptors (Lipinski definition) is 4. The number of halogens is 6. The van der Waals surface area contributed by atoms with Gasteiger partial charge < -0.3 is 10.6 Å². The number of benzene rings is 2. The van der Waals surface area contributed by atoms with E-state index in [1.165, 1.54) is 18.3 Å². The maximum Gasteiger partial charge on any atom is 0.435 e. The molecule has 4 aromatic rings. The van der Waals surface area contributed by atoms with E-state index in [9.17, 15) is 22.8 Å². The monoisotopic (exact) mass is 669 g/mol. The molecule has 0 unspecified atom stereocenters. The van der Waals surface area contributed by atoms with E-state index < -0.39 is 29.4 Å². The normalized spacial score (nSPS) is 13.8. The lowest BCUT2D eigenvalue weighted by molar-refractivity contribution is -0.141. The fraction of sp³-hybridized carbons (Fsp3) is 0.200. The molecule has 2 heterocycles. The molecule has 1 saturated carbocycles. The number of nitrogens with zero attached hydrogens (tertiary/aromatic N) is 3. The van der Waals surface area contributed by atoms with Crippen LogP contribution in [0.4, 0.5) is 18.9 Å². The molecule has 2 aromatic heterocycles. The van der Waals surface area contributed by atoms with E-state index in [2.05, 4.69) is 52.6 Å². The lowest BCUT2D eigenvalue weighted by Crippen LogP contribution is -2.39. The number of rotatable bonds is 5. The molecule has 2 amide bonds. The third-order valence-electron chi connectivity index (χ3n) is 6.13. The summed E-state index contributed by atoms with van der Waals surface area (Å²) in [6, 6.07) is 10.6. The van der Waals surface area contributed by atoms with Crippen molar-refractivity contribution in [2.24, 2.45) is 0 Å². The Morgan fingerprint density at radius 2 is 1.84 bits per heavy atom. The van der Waals surface area contributed by atoms with Crippen molar-refractivity contribution in [3.8, 4) is 5.82 Å². The smallest absolute Gasteiger partial charge is 0.349 e. The summed E-state index contributed by atoms with van der Waals surface area (Å²) < 4.78 is 42.6. The number of amides is 2. The highest BCUT2D eigenvalue weighted by molar-refractivity contribution is 9.11. The first-order chi connectivity index (χ1) is 18.0. The van der Waals surface area contributed by atoms with E-state index in [0.29, 0.717) is 21.3 Å². The van der Waals surface area contributed by atoms with Crippen LogP contribution in [0.25, 0.3) is 16.6 Å². The van der Waals surface area contributed by atoms with Gasteiger partial charge >= 0.3 is 6.18 Å². The van der Waals surface area contributed by atoms with Crippen LogP contribution in [0.15, 0.2) is 57.6 Å². The van der Waals surface area contributed by atoms with Gasteiger partial charge in [-0.3, -0.25) is 9.59 Å². The SMILES string of the molecule is O=C(NC1CCC1)c1cc2cc(Br)ccc2c(Br)c1NC(=O)c1cc(C(F)(F)F)nn1-c1ncccc1Cl. The van der Waals surface area contributed by atoms with Crippen LogP contribution >= 0.6 is 43.5 Å². The highest BCUT2D eigenvalue weighted by Gasteiger charge is 2.37. The summed E-state index contributed by atoms with van der Waals surface area (Å²) >= 11 is 13.1. The van der Waals surface area contributed by atoms with Gasteiger partial charge in [0.25, 0.3) is 11.8 Å². The zero-order chi connectivity index (χ0) is 27.2. The number of carbonyl (C=O) groups is 2. The predicted octanol–water partition coefficient (Wildman–Crippen LogP) is 7.15. The van der Waals surface area contributed by atoms with Gasteiger partial charge in [0.2, 0.25) is 0 Å². The van der Waals surface area contributed by atoms with Crippen LogP contribution in [0.2, 0.25) is 5.02 Å². The van der Waals surface area contributed by atoms with Gasteiger partial charge in [-0.2, -0.15) is 18.3 Å². The Hall–Kier alpha value is -2.96. The Morgan fingerprint density at radius 1 is 1.08 bits per heavy atom. The Morgan fingerprint density at radius 3 is 2.50 bits per heavy atom. The average molecular weight is 672 g/mol. The molecule has 0 aliphatic heterocycles.